The molecule has 12 heteroatoms. The number of alkyl halides is 7. The van der Waals surface area contributed by atoms with Crippen molar-refractivity contribution >= 4 is 8.25 Å². The maximum absolute atomic E-state index is 13.3. The van der Waals surface area contributed by atoms with E-state index < -0.39 is 51.3 Å². The van der Waals surface area contributed by atoms with Gasteiger partial charge in [0.1, 0.15) is 0 Å². The zero-order chi connectivity index (χ0) is 19.3. The van der Waals surface area contributed by atoms with Gasteiger partial charge in [-0.15, -0.1) is 0 Å². The smallest absolute Gasteiger partial charge is 0.326 e. The number of halogens is 7. The van der Waals surface area contributed by atoms with Crippen LogP contribution in [-0.2, 0) is 4.57 Å². The second-order valence-electron chi connectivity index (χ2n) is 6.00. The Kier molecular flexibility index (Phi) is 8.68. The number of likely N-dealkylation sites (tertiary alicyclic amines) is 1. The molecule has 0 bridgehead atoms. The third-order valence-corrected chi connectivity index (χ3v) is 3.85. The molecule has 0 spiro atoms. The summed E-state index contributed by atoms with van der Waals surface area (Å²) in [6.45, 7) is 1.36. The van der Waals surface area contributed by atoms with Crippen LogP contribution in [0.3, 0.4) is 0 Å². The molecule has 1 fully saturated rings. The van der Waals surface area contributed by atoms with E-state index in [2.05, 4.69) is 0 Å². The molecule has 0 aromatic carbocycles. The monoisotopic (exact) mass is 391 g/mol. The van der Waals surface area contributed by atoms with Crippen LogP contribution in [-0.4, -0.2) is 51.3 Å². The fraction of sp³-hybridized carbons (Fsp3) is 1.00. The first-order valence-electron chi connectivity index (χ1n) is 7.02. The molecule has 0 aliphatic carbocycles. The molecule has 1 rings (SSSR count). The van der Waals surface area contributed by atoms with E-state index >= 15 is 0 Å². The highest BCUT2D eigenvalue weighted by Gasteiger charge is 2.52. The van der Waals surface area contributed by atoms with Gasteiger partial charge in [-0.05, 0) is 26.7 Å². The van der Waals surface area contributed by atoms with Crippen LogP contribution >= 0.6 is 8.25 Å². The zero-order valence-corrected chi connectivity index (χ0v) is 14.1. The first kappa shape index (κ1) is 23.6. The summed E-state index contributed by atoms with van der Waals surface area (Å²) in [6.07, 6.45) is -8.75. The molecule has 2 N–H and O–H groups in total. The molecule has 2 unspecified atom stereocenters. The van der Waals surface area contributed by atoms with Gasteiger partial charge in [-0.2, -0.15) is 13.2 Å². The van der Waals surface area contributed by atoms with E-state index in [1.165, 1.54) is 13.8 Å². The van der Waals surface area contributed by atoms with Crippen molar-refractivity contribution in [2.24, 2.45) is 0 Å². The molecule has 1 heterocycles. The fourth-order valence-corrected chi connectivity index (χ4v) is 2.92. The molecule has 1 saturated heterocycles. The molecule has 0 aromatic heterocycles. The fourth-order valence-electron chi connectivity index (χ4n) is 2.92. The Morgan fingerprint density at radius 1 is 1.25 bits per heavy atom. The molecule has 24 heavy (non-hydrogen) atoms. The molecule has 0 radical (unpaired) electrons. The van der Waals surface area contributed by atoms with Gasteiger partial charge in [0.2, 0.25) is 0 Å². The Bertz CT molecular complexity index is 418. The lowest BCUT2D eigenvalue weighted by molar-refractivity contribution is -0.195. The van der Waals surface area contributed by atoms with Crippen LogP contribution in [0.4, 0.5) is 30.7 Å². The molecule has 2 atom stereocenters. The number of rotatable bonds is 4. The van der Waals surface area contributed by atoms with Gasteiger partial charge in [-0.1, -0.05) is 6.42 Å². The van der Waals surface area contributed by atoms with Gasteiger partial charge < -0.3 is 9.79 Å². The van der Waals surface area contributed by atoms with Gasteiger partial charge in [0.15, 0.2) is 0 Å². The third-order valence-electron chi connectivity index (χ3n) is 3.85. The highest BCUT2D eigenvalue weighted by Crippen LogP contribution is 2.42. The number of hydrogen-bond acceptors (Lipinski definition) is 2. The first-order chi connectivity index (χ1) is 10.6. The Balaban J connectivity index is 0.00000118. The van der Waals surface area contributed by atoms with E-state index in [0.29, 0.717) is 12.8 Å². The second-order valence-corrected chi connectivity index (χ2v) is 6.57. The zero-order valence-electron chi connectivity index (χ0n) is 13.1. The Morgan fingerprint density at radius 3 is 2.08 bits per heavy atom. The summed E-state index contributed by atoms with van der Waals surface area (Å²) in [5, 5.41) is 0. The maximum atomic E-state index is 13.3. The normalized spacial score (nSPS) is 26.5. The average Bonchev–Trinajstić information content (AvgIpc) is 2.31. The molecule has 146 valence electrons. The molecule has 0 aromatic rings. The van der Waals surface area contributed by atoms with E-state index in [9.17, 15) is 30.7 Å². The number of piperidine rings is 1. The van der Waals surface area contributed by atoms with Crippen LogP contribution in [0.15, 0.2) is 0 Å². The van der Waals surface area contributed by atoms with Crippen LogP contribution in [0.1, 0.15) is 39.5 Å². The summed E-state index contributed by atoms with van der Waals surface area (Å²) < 4.78 is 97.6. The van der Waals surface area contributed by atoms with Gasteiger partial charge in [-0.25, -0.2) is 17.6 Å². The average molecular weight is 391 g/mol. The van der Waals surface area contributed by atoms with Crippen molar-refractivity contribution < 1.29 is 45.1 Å². The van der Waals surface area contributed by atoms with Crippen LogP contribution in [0.25, 0.3) is 0 Å². The second kappa shape index (κ2) is 8.82. The van der Waals surface area contributed by atoms with Crippen molar-refractivity contribution in [2.75, 3.05) is 6.54 Å². The molecule has 1 aliphatic rings. The largest absolute Gasteiger partial charge is 0.401 e. The summed E-state index contributed by atoms with van der Waals surface area (Å²) in [6, 6.07) is -0.566. The van der Waals surface area contributed by atoms with Gasteiger partial charge in [0.05, 0.1) is 6.54 Å². The number of nitrogens with zero attached hydrogens (tertiary/aromatic N) is 1. The Labute approximate surface area is 135 Å². The van der Waals surface area contributed by atoms with Crippen molar-refractivity contribution in [3.05, 3.63) is 0 Å². The Morgan fingerprint density at radius 2 is 1.71 bits per heavy atom. The van der Waals surface area contributed by atoms with Crippen molar-refractivity contribution in [1.82, 2.24) is 4.90 Å². The van der Waals surface area contributed by atoms with Crippen molar-refractivity contribution in [1.29, 1.82) is 0 Å². The van der Waals surface area contributed by atoms with Crippen LogP contribution < -0.4 is 0 Å². The van der Waals surface area contributed by atoms with Gasteiger partial charge in [-0.3, -0.25) is 9.46 Å². The molecule has 0 amide bonds. The van der Waals surface area contributed by atoms with Gasteiger partial charge >= 0.3 is 26.8 Å². The SMILES string of the molecule is CC1CCCC(C)(CC(F)(F)C(F)F)N1CC(F)(F)F.O=[PH](O)O. The molecule has 4 nitrogen and oxygen atoms in total. The summed E-state index contributed by atoms with van der Waals surface area (Å²) >= 11 is 0. The lowest BCUT2D eigenvalue weighted by atomic mass is 9.80. The minimum atomic E-state index is -4.55. The summed E-state index contributed by atoms with van der Waals surface area (Å²) in [5.41, 5.74) is -1.58. The number of hydrogen-bond donors (Lipinski definition) is 2. The first-order valence-corrected chi connectivity index (χ1v) is 8.32. The molecule has 0 saturated carbocycles. The Hall–Kier alpha value is -0.380. The van der Waals surface area contributed by atoms with E-state index in [0.717, 1.165) is 4.90 Å². The minimum absolute atomic E-state index is 0.0513. The lowest BCUT2D eigenvalue weighted by Gasteiger charge is -2.50. The third kappa shape index (κ3) is 8.13. The van der Waals surface area contributed by atoms with E-state index in [1.54, 1.807) is 0 Å². The van der Waals surface area contributed by atoms with E-state index in [4.69, 9.17) is 14.4 Å². The quantitative estimate of drug-likeness (QED) is 0.565. The van der Waals surface area contributed by atoms with E-state index in [1.807, 2.05) is 0 Å². The standard InChI is InChI=1S/C12H18F7N.H3O3P/c1-8-4-3-5-10(2,6-11(15,16)9(13)14)20(8)7-12(17,18)19;1-4(2)3/h8-9H,3-7H2,1-2H3;4H,(H2,1,2,3). The summed E-state index contributed by atoms with van der Waals surface area (Å²) in [4.78, 5) is 15.2. The molecular formula is C12H21F7NO3P. The summed E-state index contributed by atoms with van der Waals surface area (Å²) in [5.74, 6) is -4.28. The molecular weight excluding hydrogens is 370 g/mol. The van der Waals surface area contributed by atoms with Crippen LogP contribution in [0, 0.1) is 0 Å². The lowest BCUT2D eigenvalue weighted by Crippen LogP contribution is -2.59. The van der Waals surface area contributed by atoms with Gasteiger partial charge in [0, 0.05) is 18.0 Å². The van der Waals surface area contributed by atoms with Gasteiger partial charge in [0.25, 0.3) is 0 Å². The topological polar surface area (TPSA) is 60.8 Å². The van der Waals surface area contributed by atoms with Crippen LogP contribution in [0.5, 0.6) is 0 Å². The maximum Gasteiger partial charge on any atom is 0.401 e. The summed E-state index contributed by atoms with van der Waals surface area (Å²) in [7, 11) is -3.13. The van der Waals surface area contributed by atoms with E-state index in [-0.39, 0.29) is 6.42 Å². The highest BCUT2D eigenvalue weighted by atomic mass is 31.1. The van der Waals surface area contributed by atoms with Crippen molar-refractivity contribution in [3.8, 4) is 0 Å². The van der Waals surface area contributed by atoms with Crippen molar-refractivity contribution in [3.63, 3.8) is 0 Å². The predicted molar refractivity (Wildman–Crippen MR) is 73.5 cm³/mol. The minimum Gasteiger partial charge on any atom is -0.326 e. The predicted octanol–water partition coefficient (Wildman–Crippen LogP) is 3.83. The highest BCUT2D eigenvalue weighted by molar-refractivity contribution is 7.30. The van der Waals surface area contributed by atoms with Crippen molar-refractivity contribution in [2.45, 2.75) is 69.6 Å². The molecule has 1 aliphatic heterocycles. The van der Waals surface area contributed by atoms with Crippen LogP contribution in [0.2, 0.25) is 0 Å².